The average Bonchev–Trinajstić information content (AvgIpc) is 2.97. The molecule has 3 aromatic heterocycles. The van der Waals surface area contributed by atoms with Gasteiger partial charge in [0.25, 0.3) is 0 Å². The SMILES string of the molecule is CC(CN1CCc2cnccc21)c1cncc2nccnc12. The smallest absolute Gasteiger partial charge is 0.107 e. The van der Waals surface area contributed by atoms with Crippen LogP contribution in [0.25, 0.3) is 11.0 Å². The van der Waals surface area contributed by atoms with Crippen molar-refractivity contribution in [3.8, 4) is 0 Å². The zero-order chi connectivity index (χ0) is 14.9. The molecule has 0 radical (unpaired) electrons. The van der Waals surface area contributed by atoms with E-state index in [4.69, 9.17) is 0 Å². The van der Waals surface area contributed by atoms with Crippen LogP contribution < -0.4 is 4.90 Å². The average molecular weight is 291 g/mol. The van der Waals surface area contributed by atoms with E-state index in [9.17, 15) is 0 Å². The molecule has 0 fully saturated rings. The third-order valence-electron chi connectivity index (χ3n) is 4.31. The summed E-state index contributed by atoms with van der Waals surface area (Å²) in [6, 6.07) is 2.11. The Kier molecular flexibility index (Phi) is 3.18. The zero-order valence-corrected chi connectivity index (χ0v) is 12.5. The van der Waals surface area contributed by atoms with E-state index in [0.717, 1.165) is 36.1 Å². The predicted octanol–water partition coefficient (Wildman–Crippen LogP) is 2.59. The molecule has 0 amide bonds. The van der Waals surface area contributed by atoms with Crippen LogP contribution in [0.2, 0.25) is 0 Å². The van der Waals surface area contributed by atoms with Crippen molar-refractivity contribution >= 4 is 16.7 Å². The van der Waals surface area contributed by atoms with Crippen LogP contribution in [0.1, 0.15) is 24.0 Å². The first-order chi connectivity index (χ1) is 10.8. The van der Waals surface area contributed by atoms with Crippen molar-refractivity contribution in [1.82, 2.24) is 19.9 Å². The number of hydrogen-bond acceptors (Lipinski definition) is 5. The lowest BCUT2D eigenvalue weighted by Gasteiger charge is -2.24. The Balaban J connectivity index is 1.64. The minimum Gasteiger partial charge on any atom is -0.370 e. The van der Waals surface area contributed by atoms with Gasteiger partial charge in [-0.05, 0) is 18.1 Å². The van der Waals surface area contributed by atoms with E-state index in [-0.39, 0.29) is 0 Å². The lowest BCUT2D eigenvalue weighted by molar-refractivity contribution is 0.707. The highest BCUT2D eigenvalue weighted by molar-refractivity contribution is 5.76. The molecule has 0 bridgehead atoms. The van der Waals surface area contributed by atoms with Crippen LogP contribution in [-0.2, 0) is 6.42 Å². The van der Waals surface area contributed by atoms with Gasteiger partial charge in [-0.25, -0.2) is 0 Å². The highest BCUT2D eigenvalue weighted by Crippen LogP contribution is 2.30. The molecule has 1 aliphatic heterocycles. The molecule has 0 saturated heterocycles. The Bertz CT molecular complexity index is 812. The third-order valence-corrected chi connectivity index (χ3v) is 4.31. The van der Waals surface area contributed by atoms with Gasteiger partial charge in [-0.3, -0.25) is 19.9 Å². The Labute approximate surface area is 129 Å². The largest absolute Gasteiger partial charge is 0.370 e. The van der Waals surface area contributed by atoms with Gasteiger partial charge < -0.3 is 4.90 Å². The van der Waals surface area contributed by atoms with Crippen molar-refractivity contribution in [2.45, 2.75) is 19.3 Å². The molecule has 5 heteroatoms. The van der Waals surface area contributed by atoms with Crippen LogP contribution in [0.4, 0.5) is 5.69 Å². The lowest BCUT2D eigenvalue weighted by atomic mass is 10.0. The van der Waals surface area contributed by atoms with E-state index in [1.807, 2.05) is 18.6 Å². The molecule has 0 saturated carbocycles. The first kappa shape index (κ1) is 13.1. The van der Waals surface area contributed by atoms with E-state index in [2.05, 4.69) is 37.8 Å². The number of anilines is 1. The summed E-state index contributed by atoms with van der Waals surface area (Å²) in [7, 11) is 0. The molecule has 110 valence electrons. The van der Waals surface area contributed by atoms with Crippen molar-refractivity contribution < 1.29 is 0 Å². The number of aromatic nitrogens is 4. The van der Waals surface area contributed by atoms with E-state index < -0.39 is 0 Å². The van der Waals surface area contributed by atoms with Crippen molar-refractivity contribution in [3.63, 3.8) is 0 Å². The highest BCUT2D eigenvalue weighted by atomic mass is 15.1. The second-order valence-electron chi connectivity index (χ2n) is 5.75. The van der Waals surface area contributed by atoms with E-state index in [0.29, 0.717) is 5.92 Å². The Morgan fingerprint density at radius 3 is 2.95 bits per heavy atom. The molecule has 1 atom stereocenters. The standard InChI is InChI=1S/C17H17N5/c1-12(11-22-7-3-13-8-18-4-2-16(13)22)14-9-19-10-15-17(14)21-6-5-20-15/h2,4-6,8-10,12H,3,7,11H2,1H3. The molecule has 0 aliphatic carbocycles. The fourth-order valence-electron chi connectivity index (χ4n) is 3.19. The molecule has 0 aromatic carbocycles. The summed E-state index contributed by atoms with van der Waals surface area (Å²) in [5, 5.41) is 0. The maximum atomic E-state index is 4.49. The van der Waals surface area contributed by atoms with Gasteiger partial charge in [0, 0.05) is 61.2 Å². The highest BCUT2D eigenvalue weighted by Gasteiger charge is 2.22. The molecule has 4 heterocycles. The molecule has 0 spiro atoms. The third kappa shape index (κ3) is 2.19. The summed E-state index contributed by atoms with van der Waals surface area (Å²) in [6.07, 6.45) is 12.1. The number of pyridine rings is 2. The van der Waals surface area contributed by atoms with Crippen molar-refractivity contribution in [2.24, 2.45) is 0 Å². The van der Waals surface area contributed by atoms with Gasteiger partial charge in [-0.2, -0.15) is 0 Å². The van der Waals surface area contributed by atoms with Crippen LogP contribution in [0.15, 0.2) is 43.2 Å². The molecule has 22 heavy (non-hydrogen) atoms. The maximum absolute atomic E-state index is 4.49. The van der Waals surface area contributed by atoms with Crippen LogP contribution >= 0.6 is 0 Å². The van der Waals surface area contributed by atoms with E-state index >= 15 is 0 Å². The quantitative estimate of drug-likeness (QED) is 0.742. The van der Waals surface area contributed by atoms with Gasteiger partial charge in [0.2, 0.25) is 0 Å². The summed E-state index contributed by atoms with van der Waals surface area (Å²) in [4.78, 5) is 19.8. The normalized spacial score (nSPS) is 15.0. The second kappa shape index (κ2) is 5.33. The molecule has 1 aliphatic rings. The minimum absolute atomic E-state index is 0.340. The molecule has 4 rings (SSSR count). The fraction of sp³-hybridized carbons (Fsp3) is 0.294. The monoisotopic (exact) mass is 291 g/mol. The van der Waals surface area contributed by atoms with Crippen LogP contribution in [0, 0.1) is 0 Å². The van der Waals surface area contributed by atoms with Crippen LogP contribution in [0.5, 0.6) is 0 Å². The summed E-state index contributed by atoms with van der Waals surface area (Å²) in [5.74, 6) is 0.340. The molecular weight excluding hydrogens is 274 g/mol. The summed E-state index contributed by atoms with van der Waals surface area (Å²) < 4.78 is 0. The Morgan fingerprint density at radius 1 is 1.09 bits per heavy atom. The van der Waals surface area contributed by atoms with Gasteiger partial charge in [-0.15, -0.1) is 0 Å². The molecule has 5 nitrogen and oxygen atoms in total. The molecule has 0 N–H and O–H groups in total. The first-order valence-electron chi connectivity index (χ1n) is 7.55. The number of nitrogens with zero attached hydrogens (tertiary/aromatic N) is 5. The summed E-state index contributed by atoms with van der Waals surface area (Å²) >= 11 is 0. The molecular formula is C17H17N5. The van der Waals surface area contributed by atoms with Crippen molar-refractivity contribution in [3.05, 3.63) is 54.4 Å². The fourth-order valence-corrected chi connectivity index (χ4v) is 3.19. The molecule has 3 aromatic rings. The van der Waals surface area contributed by atoms with Crippen molar-refractivity contribution in [2.75, 3.05) is 18.0 Å². The van der Waals surface area contributed by atoms with Gasteiger partial charge in [0.15, 0.2) is 0 Å². The van der Waals surface area contributed by atoms with Crippen LogP contribution in [-0.4, -0.2) is 33.0 Å². The second-order valence-corrected chi connectivity index (χ2v) is 5.75. The lowest BCUT2D eigenvalue weighted by Crippen LogP contribution is -2.25. The number of hydrogen-bond donors (Lipinski definition) is 0. The topological polar surface area (TPSA) is 54.8 Å². The number of fused-ring (bicyclic) bond motifs is 2. The van der Waals surface area contributed by atoms with Crippen LogP contribution in [0.3, 0.4) is 0 Å². The van der Waals surface area contributed by atoms with Crippen molar-refractivity contribution in [1.29, 1.82) is 0 Å². The maximum Gasteiger partial charge on any atom is 0.107 e. The summed E-state index contributed by atoms with van der Waals surface area (Å²) in [5.41, 5.74) is 5.62. The predicted molar refractivity (Wildman–Crippen MR) is 85.9 cm³/mol. The Morgan fingerprint density at radius 2 is 2.00 bits per heavy atom. The first-order valence-corrected chi connectivity index (χ1v) is 7.55. The molecule has 1 unspecified atom stereocenters. The van der Waals surface area contributed by atoms with Gasteiger partial charge in [0.1, 0.15) is 5.52 Å². The van der Waals surface area contributed by atoms with Gasteiger partial charge >= 0.3 is 0 Å². The van der Waals surface area contributed by atoms with E-state index in [1.165, 1.54) is 11.3 Å². The minimum atomic E-state index is 0.340. The van der Waals surface area contributed by atoms with E-state index in [1.54, 1.807) is 18.6 Å². The summed E-state index contributed by atoms with van der Waals surface area (Å²) in [6.45, 7) is 4.23. The Hall–Kier alpha value is -2.56. The number of rotatable bonds is 3. The van der Waals surface area contributed by atoms with Gasteiger partial charge in [-0.1, -0.05) is 6.92 Å². The zero-order valence-electron chi connectivity index (χ0n) is 12.5. The van der Waals surface area contributed by atoms with Gasteiger partial charge in [0.05, 0.1) is 11.7 Å².